The minimum atomic E-state index is 0.217. The van der Waals surface area contributed by atoms with Gasteiger partial charge in [-0.1, -0.05) is 13.8 Å². The number of aliphatic hydroxyl groups is 1. The maximum Gasteiger partial charge on any atom is 0.0556 e. The van der Waals surface area contributed by atoms with Gasteiger partial charge in [-0.25, -0.2) is 0 Å². The van der Waals surface area contributed by atoms with Crippen LogP contribution in [0.5, 0.6) is 0 Å². The van der Waals surface area contributed by atoms with Crippen molar-refractivity contribution in [3.8, 4) is 0 Å². The molecule has 0 aromatic heterocycles. The molecule has 0 aromatic rings. The molecule has 1 unspecified atom stereocenters. The van der Waals surface area contributed by atoms with Crippen LogP contribution in [0.15, 0.2) is 0 Å². The molecule has 3 heteroatoms. The lowest BCUT2D eigenvalue weighted by Crippen LogP contribution is -2.38. The van der Waals surface area contributed by atoms with Crippen molar-refractivity contribution in [2.75, 3.05) is 26.2 Å². The molecule has 0 saturated carbocycles. The quantitative estimate of drug-likeness (QED) is 0.517. The molecule has 0 rings (SSSR count). The van der Waals surface area contributed by atoms with E-state index in [9.17, 15) is 0 Å². The first-order valence-electron chi connectivity index (χ1n) is 4.71. The summed E-state index contributed by atoms with van der Waals surface area (Å²) in [7, 11) is 0. The molecule has 0 saturated heterocycles. The fourth-order valence-corrected chi connectivity index (χ4v) is 0.972. The Bertz CT molecular complexity index is 96.5. The van der Waals surface area contributed by atoms with Crippen LogP contribution in [0.25, 0.3) is 0 Å². The second-order valence-electron chi connectivity index (χ2n) is 3.63. The van der Waals surface area contributed by atoms with Gasteiger partial charge in [-0.2, -0.15) is 0 Å². The van der Waals surface area contributed by atoms with E-state index >= 15 is 0 Å². The third-order valence-corrected chi connectivity index (χ3v) is 1.61. The second kappa shape index (κ2) is 7.53. The van der Waals surface area contributed by atoms with Crippen LogP contribution in [0, 0.1) is 5.92 Å². The molecular formula is C9H22N2O. The second-order valence-corrected chi connectivity index (χ2v) is 3.63. The predicted molar refractivity (Wildman–Crippen MR) is 52.3 cm³/mol. The maximum atomic E-state index is 8.55. The van der Waals surface area contributed by atoms with Crippen LogP contribution in [0.4, 0.5) is 0 Å². The van der Waals surface area contributed by atoms with Crippen molar-refractivity contribution >= 4 is 0 Å². The molecule has 3 nitrogen and oxygen atoms in total. The molecule has 0 aromatic carbocycles. The molecule has 0 heterocycles. The van der Waals surface area contributed by atoms with E-state index in [1.807, 2.05) is 0 Å². The Morgan fingerprint density at radius 1 is 1.17 bits per heavy atom. The standard InChI is InChI=1S/C9H22N2O/c1-8(2)6-10-7-9(3)11-4-5-12/h8-12H,4-7H2,1-3H3. The third-order valence-electron chi connectivity index (χ3n) is 1.61. The van der Waals surface area contributed by atoms with Crippen LogP contribution in [0.3, 0.4) is 0 Å². The molecule has 0 aliphatic heterocycles. The lowest BCUT2D eigenvalue weighted by atomic mass is 10.2. The minimum Gasteiger partial charge on any atom is -0.395 e. The molecule has 0 aliphatic carbocycles. The first-order valence-corrected chi connectivity index (χ1v) is 4.71. The summed E-state index contributed by atoms with van der Waals surface area (Å²) in [4.78, 5) is 0. The van der Waals surface area contributed by atoms with E-state index in [0.29, 0.717) is 18.5 Å². The van der Waals surface area contributed by atoms with E-state index in [4.69, 9.17) is 5.11 Å². The SMILES string of the molecule is CC(C)CNCC(C)NCCO. The first kappa shape index (κ1) is 11.9. The fraction of sp³-hybridized carbons (Fsp3) is 1.00. The van der Waals surface area contributed by atoms with E-state index in [1.54, 1.807) is 0 Å². The van der Waals surface area contributed by atoms with Crippen molar-refractivity contribution in [3.63, 3.8) is 0 Å². The van der Waals surface area contributed by atoms with Gasteiger partial charge in [0.25, 0.3) is 0 Å². The highest BCUT2D eigenvalue weighted by atomic mass is 16.3. The number of hydrogen-bond acceptors (Lipinski definition) is 3. The van der Waals surface area contributed by atoms with Gasteiger partial charge in [0.05, 0.1) is 6.61 Å². The van der Waals surface area contributed by atoms with Gasteiger partial charge in [0.1, 0.15) is 0 Å². The highest BCUT2D eigenvalue weighted by Crippen LogP contribution is 1.87. The number of hydrogen-bond donors (Lipinski definition) is 3. The smallest absolute Gasteiger partial charge is 0.0556 e. The zero-order valence-electron chi connectivity index (χ0n) is 8.43. The van der Waals surface area contributed by atoms with Crippen LogP contribution in [-0.4, -0.2) is 37.4 Å². The van der Waals surface area contributed by atoms with Crippen LogP contribution in [-0.2, 0) is 0 Å². The molecule has 1 atom stereocenters. The highest BCUT2D eigenvalue weighted by molar-refractivity contribution is 4.63. The van der Waals surface area contributed by atoms with Crippen LogP contribution >= 0.6 is 0 Å². The minimum absolute atomic E-state index is 0.217. The van der Waals surface area contributed by atoms with Gasteiger partial charge in [-0.3, -0.25) is 0 Å². The molecule has 0 aliphatic rings. The number of rotatable bonds is 7. The molecule has 0 amide bonds. The Balaban J connectivity index is 3.13. The van der Waals surface area contributed by atoms with Crippen LogP contribution in [0.2, 0.25) is 0 Å². The summed E-state index contributed by atoms with van der Waals surface area (Å²) >= 11 is 0. The summed E-state index contributed by atoms with van der Waals surface area (Å²) < 4.78 is 0. The van der Waals surface area contributed by atoms with Crippen LogP contribution in [0.1, 0.15) is 20.8 Å². The largest absolute Gasteiger partial charge is 0.395 e. The van der Waals surface area contributed by atoms with Crippen molar-refractivity contribution in [1.29, 1.82) is 0 Å². The van der Waals surface area contributed by atoms with Gasteiger partial charge in [-0.05, 0) is 19.4 Å². The topological polar surface area (TPSA) is 44.3 Å². The summed E-state index contributed by atoms with van der Waals surface area (Å²) in [5.41, 5.74) is 0. The van der Waals surface area contributed by atoms with Crippen molar-refractivity contribution < 1.29 is 5.11 Å². The Hall–Kier alpha value is -0.120. The Morgan fingerprint density at radius 3 is 2.33 bits per heavy atom. The van der Waals surface area contributed by atoms with Gasteiger partial charge in [-0.15, -0.1) is 0 Å². The van der Waals surface area contributed by atoms with Gasteiger partial charge in [0, 0.05) is 19.1 Å². The lowest BCUT2D eigenvalue weighted by Gasteiger charge is -2.14. The summed E-state index contributed by atoms with van der Waals surface area (Å²) in [5.74, 6) is 0.704. The zero-order chi connectivity index (χ0) is 9.40. The summed E-state index contributed by atoms with van der Waals surface area (Å²) in [6.07, 6.45) is 0. The molecular weight excluding hydrogens is 152 g/mol. The maximum absolute atomic E-state index is 8.55. The monoisotopic (exact) mass is 174 g/mol. The number of nitrogens with one attached hydrogen (secondary N) is 2. The molecule has 0 radical (unpaired) electrons. The van der Waals surface area contributed by atoms with E-state index in [1.165, 1.54) is 0 Å². The van der Waals surface area contributed by atoms with E-state index in [-0.39, 0.29) is 6.61 Å². The summed E-state index contributed by atoms with van der Waals surface area (Å²) in [6, 6.07) is 0.441. The lowest BCUT2D eigenvalue weighted by molar-refractivity contribution is 0.284. The van der Waals surface area contributed by atoms with Gasteiger partial charge < -0.3 is 15.7 Å². The summed E-state index contributed by atoms with van der Waals surface area (Å²) in [5, 5.41) is 15.1. The normalized spacial score (nSPS) is 13.8. The third kappa shape index (κ3) is 7.98. The van der Waals surface area contributed by atoms with Crippen molar-refractivity contribution in [2.45, 2.75) is 26.8 Å². The van der Waals surface area contributed by atoms with E-state index in [2.05, 4.69) is 31.4 Å². The average molecular weight is 174 g/mol. The van der Waals surface area contributed by atoms with Crippen molar-refractivity contribution in [2.24, 2.45) is 5.92 Å². The van der Waals surface area contributed by atoms with Crippen LogP contribution < -0.4 is 10.6 Å². The van der Waals surface area contributed by atoms with E-state index < -0.39 is 0 Å². The average Bonchev–Trinajstić information content (AvgIpc) is 2.00. The van der Waals surface area contributed by atoms with Crippen molar-refractivity contribution in [1.82, 2.24) is 10.6 Å². The molecule has 3 N–H and O–H groups in total. The Kier molecular flexibility index (Phi) is 7.45. The van der Waals surface area contributed by atoms with Gasteiger partial charge in [0.2, 0.25) is 0 Å². The van der Waals surface area contributed by atoms with Gasteiger partial charge >= 0.3 is 0 Å². The fourth-order valence-electron chi connectivity index (χ4n) is 0.972. The Morgan fingerprint density at radius 2 is 1.83 bits per heavy atom. The number of aliphatic hydroxyl groups excluding tert-OH is 1. The summed E-state index contributed by atoms with van der Waals surface area (Å²) in [6.45, 7) is 9.43. The molecule has 0 bridgehead atoms. The predicted octanol–water partition coefficient (Wildman–Crippen LogP) is 0.202. The van der Waals surface area contributed by atoms with E-state index in [0.717, 1.165) is 13.1 Å². The van der Waals surface area contributed by atoms with Crippen molar-refractivity contribution in [3.05, 3.63) is 0 Å². The molecule has 12 heavy (non-hydrogen) atoms. The molecule has 0 spiro atoms. The molecule has 74 valence electrons. The Labute approximate surface area is 75.6 Å². The molecule has 0 fully saturated rings. The highest BCUT2D eigenvalue weighted by Gasteiger charge is 1.99. The zero-order valence-corrected chi connectivity index (χ0v) is 8.43. The van der Waals surface area contributed by atoms with Gasteiger partial charge in [0.15, 0.2) is 0 Å². The first-order chi connectivity index (χ1) is 5.66.